The molecule has 1 N–H and O–H groups in total. The van der Waals surface area contributed by atoms with E-state index in [-0.39, 0.29) is 0 Å². The number of sulfone groups is 1. The van der Waals surface area contributed by atoms with Gasteiger partial charge in [-0.25, -0.2) is 8.42 Å². The van der Waals surface area contributed by atoms with Crippen molar-refractivity contribution in [3.8, 4) is 11.3 Å². The number of aromatic amines is 1. The van der Waals surface area contributed by atoms with Gasteiger partial charge in [-0.05, 0) is 30.0 Å². The van der Waals surface area contributed by atoms with Gasteiger partial charge in [0.1, 0.15) is 0 Å². The van der Waals surface area contributed by atoms with Crippen molar-refractivity contribution in [1.29, 1.82) is 0 Å². The molecule has 0 amide bonds. The van der Waals surface area contributed by atoms with E-state index < -0.39 is 9.84 Å². The summed E-state index contributed by atoms with van der Waals surface area (Å²) in [7, 11) is -3.17. The fourth-order valence-electron chi connectivity index (χ4n) is 3.52. The number of rotatable bonds is 5. The molecule has 0 radical (unpaired) electrons. The van der Waals surface area contributed by atoms with Crippen LogP contribution in [0.2, 0.25) is 0 Å². The van der Waals surface area contributed by atoms with Gasteiger partial charge in [-0.15, -0.1) is 0 Å². The van der Waals surface area contributed by atoms with E-state index in [9.17, 15) is 8.42 Å². The summed E-state index contributed by atoms with van der Waals surface area (Å²) in [5.41, 5.74) is 4.34. The van der Waals surface area contributed by atoms with Crippen molar-refractivity contribution >= 4 is 25.8 Å². The normalized spacial score (nSPS) is 16.4. The molecule has 0 aliphatic heterocycles. The van der Waals surface area contributed by atoms with Crippen molar-refractivity contribution in [2.75, 3.05) is 6.26 Å². The minimum atomic E-state index is -3.17. The topological polar surface area (TPSA) is 62.8 Å². The minimum Gasteiger partial charge on any atom is -0.277 e. The standard InChI is InChI=1S/C18H23BrN2O2S/c1-24(22,23)15-9-7-14(8-10-15)18-16(17(12-19)20-21-18)11-13-5-3-2-4-6-13/h7-10,13H,2-6,11-12H2,1H3,(H,20,21). The van der Waals surface area contributed by atoms with Crippen LogP contribution in [0.5, 0.6) is 0 Å². The van der Waals surface area contributed by atoms with Crippen LogP contribution in [-0.2, 0) is 21.6 Å². The lowest BCUT2D eigenvalue weighted by Gasteiger charge is -2.22. The first-order valence-electron chi connectivity index (χ1n) is 8.41. The summed E-state index contributed by atoms with van der Waals surface area (Å²) in [6, 6.07) is 7.08. The Morgan fingerprint density at radius 1 is 1.17 bits per heavy atom. The molecule has 130 valence electrons. The zero-order valence-corrected chi connectivity index (χ0v) is 16.3. The Hall–Kier alpha value is -1.14. The quantitative estimate of drug-likeness (QED) is 0.737. The first-order valence-corrected chi connectivity index (χ1v) is 11.4. The Morgan fingerprint density at radius 3 is 2.42 bits per heavy atom. The summed E-state index contributed by atoms with van der Waals surface area (Å²) >= 11 is 3.53. The van der Waals surface area contributed by atoms with Crippen LogP contribution in [0.25, 0.3) is 11.3 Å². The summed E-state index contributed by atoms with van der Waals surface area (Å²) in [5.74, 6) is 0.725. The van der Waals surface area contributed by atoms with E-state index in [4.69, 9.17) is 0 Å². The molecule has 1 aromatic carbocycles. The smallest absolute Gasteiger partial charge is 0.175 e. The highest BCUT2D eigenvalue weighted by molar-refractivity contribution is 9.08. The van der Waals surface area contributed by atoms with Gasteiger partial charge < -0.3 is 0 Å². The maximum atomic E-state index is 11.6. The highest BCUT2D eigenvalue weighted by Crippen LogP contribution is 2.33. The molecule has 4 nitrogen and oxygen atoms in total. The third-order valence-electron chi connectivity index (χ3n) is 4.87. The van der Waals surface area contributed by atoms with E-state index in [1.54, 1.807) is 12.1 Å². The van der Waals surface area contributed by atoms with Crippen LogP contribution in [0.4, 0.5) is 0 Å². The number of hydrogen-bond acceptors (Lipinski definition) is 3. The third-order valence-corrected chi connectivity index (χ3v) is 6.53. The second kappa shape index (κ2) is 7.40. The van der Waals surface area contributed by atoms with Crippen LogP contribution in [0.15, 0.2) is 29.2 Å². The van der Waals surface area contributed by atoms with Crippen LogP contribution in [0, 0.1) is 5.92 Å². The largest absolute Gasteiger partial charge is 0.277 e. The lowest BCUT2D eigenvalue weighted by atomic mass is 9.84. The molecule has 1 aliphatic rings. The Morgan fingerprint density at radius 2 is 1.83 bits per heavy atom. The molecule has 0 spiro atoms. The molecule has 6 heteroatoms. The van der Waals surface area contributed by atoms with Gasteiger partial charge in [0.25, 0.3) is 0 Å². The number of nitrogens with one attached hydrogen (secondary N) is 1. The van der Waals surface area contributed by atoms with Gasteiger partial charge >= 0.3 is 0 Å². The number of hydrogen-bond donors (Lipinski definition) is 1. The fourth-order valence-corrected chi connectivity index (χ4v) is 4.61. The summed E-state index contributed by atoms with van der Waals surface area (Å²) in [4.78, 5) is 0.348. The molecule has 1 saturated carbocycles. The first kappa shape index (κ1) is 17.7. The van der Waals surface area contributed by atoms with Gasteiger partial charge in [-0.1, -0.05) is 60.2 Å². The van der Waals surface area contributed by atoms with Crippen molar-refractivity contribution in [2.45, 2.75) is 48.8 Å². The second-order valence-electron chi connectivity index (χ2n) is 6.66. The molecule has 24 heavy (non-hydrogen) atoms. The summed E-state index contributed by atoms with van der Waals surface area (Å²) in [6.07, 6.45) is 8.86. The highest BCUT2D eigenvalue weighted by Gasteiger charge is 2.20. The average Bonchev–Trinajstić information content (AvgIpc) is 2.98. The van der Waals surface area contributed by atoms with Gasteiger partial charge in [-0.3, -0.25) is 5.10 Å². The number of halogens is 1. The monoisotopic (exact) mass is 410 g/mol. The average molecular weight is 411 g/mol. The molecular formula is C18H23BrN2O2S. The van der Waals surface area contributed by atoms with E-state index in [1.165, 1.54) is 43.9 Å². The summed E-state index contributed by atoms with van der Waals surface area (Å²) in [6.45, 7) is 0. The van der Waals surface area contributed by atoms with Gasteiger partial charge in [0.2, 0.25) is 0 Å². The summed E-state index contributed by atoms with van der Waals surface area (Å²) in [5, 5.41) is 8.35. The van der Waals surface area contributed by atoms with Gasteiger partial charge in [0.05, 0.1) is 16.3 Å². The molecule has 1 aromatic heterocycles. The van der Waals surface area contributed by atoms with Crippen LogP contribution in [-0.4, -0.2) is 24.9 Å². The maximum absolute atomic E-state index is 11.6. The second-order valence-corrected chi connectivity index (χ2v) is 9.24. The number of aromatic nitrogens is 2. The lowest BCUT2D eigenvalue weighted by molar-refractivity contribution is 0.356. The molecule has 0 unspecified atom stereocenters. The molecule has 1 heterocycles. The van der Waals surface area contributed by atoms with Crippen molar-refractivity contribution in [2.24, 2.45) is 5.92 Å². The number of benzene rings is 1. The Labute approximate surface area is 152 Å². The zero-order chi connectivity index (χ0) is 17.2. The van der Waals surface area contributed by atoms with Crippen LogP contribution in [0.3, 0.4) is 0 Å². The van der Waals surface area contributed by atoms with E-state index in [0.717, 1.165) is 34.6 Å². The predicted molar refractivity (Wildman–Crippen MR) is 100 cm³/mol. The SMILES string of the molecule is CS(=O)(=O)c1ccc(-c2[nH]nc(CBr)c2CC2CCCCC2)cc1. The molecule has 0 saturated heterocycles. The number of H-pyrrole nitrogens is 1. The molecule has 1 aliphatic carbocycles. The lowest BCUT2D eigenvalue weighted by Crippen LogP contribution is -2.10. The molecule has 1 fully saturated rings. The van der Waals surface area contributed by atoms with Gasteiger partial charge in [-0.2, -0.15) is 5.10 Å². The molecule has 2 aromatic rings. The van der Waals surface area contributed by atoms with Gasteiger partial charge in [0.15, 0.2) is 9.84 Å². The fraction of sp³-hybridized carbons (Fsp3) is 0.500. The molecule has 0 bridgehead atoms. The number of alkyl halides is 1. The van der Waals surface area contributed by atoms with E-state index in [0.29, 0.717) is 4.90 Å². The molecule has 3 rings (SSSR count). The number of nitrogens with zero attached hydrogens (tertiary/aromatic N) is 1. The van der Waals surface area contributed by atoms with E-state index in [1.807, 2.05) is 12.1 Å². The molecular weight excluding hydrogens is 388 g/mol. The zero-order valence-electron chi connectivity index (χ0n) is 13.9. The van der Waals surface area contributed by atoms with Crippen molar-refractivity contribution in [3.05, 3.63) is 35.5 Å². The predicted octanol–water partition coefficient (Wildman–Crippen LogP) is 4.50. The third kappa shape index (κ3) is 3.91. The Kier molecular flexibility index (Phi) is 5.45. The van der Waals surface area contributed by atoms with Crippen LogP contribution < -0.4 is 0 Å². The summed E-state index contributed by atoms with van der Waals surface area (Å²) < 4.78 is 23.3. The molecule has 0 atom stereocenters. The van der Waals surface area contributed by atoms with Crippen LogP contribution >= 0.6 is 15.9 Å². The van der Waals surface area contributed by atoms with Crippen molar-refractivity contribution in [1.82, 2.24) is 10.2 Å². The van der Waals surface area contributed by atoms with Crippen molar-refractivity contribution in [3.63, 3.8) is 0 Å². The maximum Gasteiger partial charge on any atom is 0.175 e. The van der Waals surface area contributed by atoms with Crippen LogP contribution in [0.1, 0.15) is 43.4 Å². The highest BCUT2D eigenvalue weighted by atomic mass is 79.9. The Bertz CT molecular complexity index is 791. The minimum absolute atomic E-state index is 0.348. The van der Waals surface area contributed by atoms with E-state index >= 15 is 0 Å². The van der Waals surface area contributed by atoms with Gasteiger partial charge in [0, 0.05) is 17.1 Å². The van der Waals surface area contributed by atoms with Crippen molar-refractivity contribution < 1.29 is 8.42 Å². The van der Waals surface area contributed by atoms with E-state index in [2.05, 4.69) is 26.1 Å². The first-order chi connectivity index (χ1) is 11.5. The Balaban J connectivity index is 1.91.